The number of carboxylic acids is 2. The van der Waals surface area contributed by atoms with Gasteiger partial charge < -0.3 is 15.0 Å². The van der Waals surface area contributed by atoms with Crippen molar-refractivity contribution in [2.24, 2.45) is 0 Å². The minimum absolute atomic E-state index is 0.219. The maximum absolute atomic E-state index is 10.3. The molecule has 2 unspecified atom stereocenters. The molecule has 1 N–H and O–H groups in total. The van der Waals surface area contributed by atoms with Gasteiger partial charge in [0.15, 0.2) is 0 Å². The molecule has 0 aromatic heterocycles. The van der Waals surface area contributed by atoms with Gasteiger partial charge in [-0.25, -0.2) is 18.6 Å². The molecule has 0 radical (unpaired) electrons. The number of carbonyl (C=O) groups excluding carboxylic acids is 1. The van der Waals surface area contributed by atoms with Crippen LogP contribution in [0.2, 0.25) is 0 Å². The Hall–Kier alpha value is 1.31. The highest BCUT2D eigenvalue weighted by molar-refractivity contribution is 9.09. The minimum atomic E-state index is -4.94. The zero-order valence-corrected chi connectivity index (χ0v) is 33.9. The van der Waals surface area contributed by atoms with Gasteiger partial charge in [0, 0.05) is 23.1 Å². The molecule has 0 saturated heterocycles. The molecule has 0 fully saturated rings. The average Bonchev–Trinajstić information content (AvgIpc) is 2.94. The summed E-state index contributed by atoms with van der Waals surface area (Å²) in [6.45, 7) is 0. The van der Waals surface area contributed by atoms with Gasteiger partial charge in [-0.1, -0.05) is 96.1 Å². The van der Waals surface area contributed by atoms with Crippen molar-refractivity contribution in [3.05, 3.63) is 0 Å². The molecule has 0 bridgehead atoms. The largest absolute Gasteiger partial charge is 0.550 e. The van der Waals surface area contributed by atoms with Crippen molar-refractivity contribution in [1.82, 2.24) is 0 Å². The fraction of sp³-hybridized carbons (Fsp3) is 0.933. The molecule has 272 valence electrons. The monoisotopic (exact) mass is 872 g/mol. The van der Waals surface area contributed by atoms with Gasteiger partial charge >= 0.3 is 5.97 Å². The van der Waals surface area contributed by atoms with Crippen LogP contribution in [0.5, 0.6) is 0 Å². The molecular formula is C30H57Br2Cl3O8S2. The summed E-state index contributed by atoms with van der Waals surface area (Å²) in [4.78, 5) is 20.6. The predicted molar refractivity (Wildman–Crippen MR) is 189 cm³/mol. The summed E-state index contributed by atoms with van der Waals surface area (Å²) in [5, 5.41) is 21.0. The maximum Gasteiger partial charge on any atom is 0.303 e. The van der Waals surface area contributed by atoms with Gasteiger partial charge in [-0.05, 0) is 66.7 Å². The number of aliphatic carboxylic acids is 2. The molecule has 0 amide bonds. The molecule has 0 aromatic rings. The van der Waals surface area contributed by atoms with Gasteiger partial charge in [0.25, 0.3) is 0 Å². The molecule has 0 rings (SSSR count). The number of halogens is 5. The number of alkyl halides is 4. The van der Waals surface area contributed by atoms with Crippen LogP contribution < -0.4 is 23.7 Å². The highest BCUT2D eigenvalue weighted by Crippen LogP contribution is 2.13. The minimum Gasteiger partial charge on any atom is -0.550 e. The first kappa shape index (κ1) is 50.7. The Morgan fingerprint density at radius 3 is 1.09 bits per heavy atom. The van der Waals surface area contributed by atoms with Crippen LogP contribution >= 0.6 is 55.1 Å². The molecule has 0 aliphatic carbocycles. The van der Waals surface area contributed by atoms with Gasteiger partial charge in [-0.3, -0.25) is 4.79 Å². The zero-order chi connectivity index (χ0) is 34.6. The normalized spacial score (nSPS) is 12.4. The van der Waals surface area contributed by atoms with E-state index in [9.17, 15) is 14.7 Å². The fourth-order valence-corrected chi connectivity index (χ4v) is 11.7. The van der Waals surface area contributed by atoms with Crippen molar-refractivity contribution < 1.29 is 48.7 Å². The van der Waals surface area contributed by atoms with Gasteiger partial charge in [0.2, 0.25) is 0 Å². The van der Waals surface area contributed by atoms with E-state index in [4.69, 9.17) is 46.9 Å². The fourth-order valence-electron chi connectivity index (χ4n) is 4.33. The molecule has 0 heterocycles. The Balaban J connectivity index is -0.000000680. The van der Waals surface area contributed by atoms with Crippen LogP contribution in [0.3, 0.4) is 0 Å². The van der Waals surface area contributed by atoms with Gasteiger partial charge in [0.1, 0.15) is 34.5 Å². The van der Waals surface area contributed by atoms with E-state index in [1.807, 2.05) is 0 Å². The molecule has 0 aromatic carbocycles. The van der Waals surface area contributed by atoms with Crippen LogP contribution in [0.15, 0.2) is 0 Å². The van der Waals surface area contributed by atoms with Crippen molar-refractivity contribution in [1.29, 1.82) is 0 Å². The molecule has 0 spiro atoms. The van der Waals surface area contributed by atoms with Crippen LogP contribution in [-0.2, 0) is 31.4 Å². The number of hydrogen-bond acceptors (Lipinski definition) is 7. The molecular weight excluding hydrogens is 819 g/mol. The average molecular weight is 876 g/mol. The van der Waals surface area contributed by atoms with E-state index in [-0.39, 0.29) is 6.42 Å². The first-order valence-electron chi connectivity index (χ1n) is 16.0. The number of unbranched alkanes of at least 4 members (excludes halogenated alkanes) is 14. The summed E-state index contributed by atoms with van der Waals surface area (Å²) < 4.78 is 34.0. The lowest BCUT2D eigenvalue weighted by molar-refractivity contribution is -2.00. The number of carbonyl (C=O) groups is 2. The van der Waals surface area contributed by atoms with Gasteiger partial charge in [0.05, 0.1) is 11.8 Å². The van der Waals surface area contributed by atoms with Crippen LogP contribution in [0.4, 0.5) is 0 Å². The van der Waals surface area contributed by atoms with Crippen molar-refractivity contribution in [2.45, 2.75) is 116 Å². The summed E-state index contributed by atoms with van der Waals surface area (Å²) in [6.07, 6.45) is 19.7. The van der Waals surface area contributed by atoms with Crippen LogP contribution in [0.25, 0.3) is 0 Å². The highest BCUT2D eigenvalue weighted by Gasteiger charge is 2.16. The van der Waals surface area contributed by atoms with E-state index >= 15 is 0 Å². The summed E-state index contributed by atoms with van der Waals surface area (Å²) >= 11 is 18.7. The Bertz CT molecular complexity index is 579. The van der Waals surface area contributed by atoms with Crippen LogP contribution in [0.1, 0.15) is 116 Å². The van der Waals surface area contributed by atoms with Gasteiger partial charge in [-0.15, -0.1) is 33.4 Å². The molecule has 2 atom stereocenters. The van der Waals surface area contributed by atoms with E-state index < -0.39 is 22.2 Å². The molecule has 45 heavy (non-hydrogen) atoms. The number of rotatable bonds is 30. The van der Waals surface area contributed by atoms with Crippen LogP contribution in [0, 0.1) is 10.2 Å². The predicted octanol–water partition coefficient (Wildman–Crippen LogP) is 3.58. The third-order valence-corrected chi connectivity index (χ3v) is 14.1. The zero-order valence-electron chi connectivity index (χ0n) is 26.8. The maximum atomic E-state index is 10.3. The Kier molecular flexibility index (Phi) is 44.8. The second-order valence-corrected chi connectivity index (χ2v) is 18.5. The Morgan fingerprint density at radius 1 is 0.533 bits per heavy atom. The standard InChI is InChI=1S/2C15H28BrClO2S.ClHO4/c2*16-10-13-20(14-11-17)12-8-6-4-2-1-3-5-7-9-15(18)19;2-1(3,4)5/h2*1-14H2;(H,2,3,4,5). The SMILES string of the molecule is O=C(O)CCCCCCCCCC[S+](CCCl)CCBr.O=C([O-])CCCCCCCCCC[S+](CCCl)CCBr.[O-][Cl+3]([O-])([O-])[O-]. The Labute approximate surface area is 307 Å². The summed E-state index contributed by atoms with van der Waals surface area (Å²) in [5.41, 5.74) is 0. The Morgan fingerprint density at radius 2 is 0.822 bits per heavy atom. The van der Waals surface area contributed by atoms with Crippen molar-refractivity contribution in [3.8, 4) is 0 Å². The highest BCUT2D eigenvalue weighted by atomic mass is 79.9. The summed E-state index contributed by atoms with van der Waals surface area (Å²) in [5.74, 6) is 7.58. The van der Waals surface area contributed by atoms with Crippen molar-refractivity contribution >= 4 is 88.8 Å². The lowest BCUT2D eigenvalue weighted by atomic mass is 10.1. The summed E-state index contributed by atoms with van der Waals surface area (Å²) in [6, 6.07) is 0. The second-order valence-electron chi connectivity index (χ2n) is 10.5. The first-order chi connectivity index (χ1) is 21.4. The molecule has 15 heteroatoms. The molecule has 0 aliphatic heterocycles. The topological polar surface area (TPSA) is 170 Å². The van der Waals surface area contributed by atoms with Crippen molar-refractivity contribution in [2.75, 3.05) is 56.9 Å². The first-order valence-corrected chi connectivity index (χ1v) is 24.0. The van der Waals surface area contributed by atoms with Gasteiger partial charge in [-0.2, -0.15) is 0 Å². The molecule has 0 aliphatic rings. The van der Waals surface area contributed by atoms with E-state index in [1.165, 1.54) is 105 Å². The third kappa shape index (κ3) is 55.0. The van der Waals surface area contributed by atoms with E-state index in [2.05, 4.69) is 31.9 Å². The van der Waals surface area contributed by atoms with E-state index in [0.717, 1.165) is 54.5 Å². The van der Waals surface area contributed by atoms with E-state index in [0.29, 0.717) is 28.2 Å². The quantitative estimate of drug-likeness (QED) is 0.0649. The van der Waals surface area contributed by atoms with Crippen molar-refractivity contribution in [3.63, 3.8) is 0 Å². The lowest BCUT2D eigenvalue weighted by Gasteiger charge is -2.17. The van der Waals surface area contributed by atoms with Crippen LogP contribution in [-0.4, -0.2) is 74.0 Å². The number of hydrogen-bond donors (Lipinski definition) is 1. The summed E-state index contributed by atoms with van der Waals surface area (Å²) in [7, 11) is -3.90. The second kappa shape index (κ2) is 39.7. The molecule has 8 nitrogen and oxygen atoms in total. The smallest absolute Gasteiger partial charge is 0.303 e. The third-order valence-electron chi connectivity index (χ3n) is 6.60. The lowest BCUT2D eigenvalue weighted by Crippen LogP contribution is -2.68. The number of carboxylic acid groups (broad SMARTS) is 2. The van der Waals surface area contributed by atoms with E-state index in [1.54, 1.807) is 0 Å². The molecule has 0 saturated carbocycles.